The van der Waals surface area contributed by atoms with Gasteiger partial charge in [-0.2, -0.15) is 0 Å². The normalized spacial score (nSPS) is 24.8. The van der Waals surface area contributed by atoms with Crippen molar-refractivity contribution in [3.63, 3.8) is 0 Å². The minimum Gasteiger partial charge on any atom is -0.508 e. The Hall–Kier alpha value is -2.08. The maximum absolute atomic E-state index is 12.8. The van der Waals surface area contributed by atoms with E-state index in [1.54, 1.807) is 25.1 Å². The molecule has 3 aliphatic rings. The van der Waals surface area contributed by atoms with Gasteiger partial charge < -0.3 is 19.6 Å². The molecule has 28 heavy (non-hydrogen) atoms. The van der Waals surface area contributed by atoms with Crippen LogP contribution in [0.25, 0.3) is 0 Å². The number of rotatable bonds is 3. The van der Waals surface area contributed by atoms with E-state index in [-0.39, 0.29) is 29.1 Å². The van der Waals surface area contributed by atoms with Gasteiger partial charge in [-0.15, -0.1) is 0 Å². The van der Waals surface area contributed by atoms with Crippen molar-refractivity contribution in [3.8, 4) is 5.75 Å². The fraction of sp³-hybridized carbons (Fsp3) is 0.636. The van der Waals surface area contributed by atoms with Gasteiger partial charge in [-0.25, -0.2) is 0 Å². The first kappa shape index (κ1) is 19.2. The quantitative estimate of drug-likeness (QED) is 0.867. The summed E-state index contributed by atoms with van der Waals surface area (Å²) in [5.74, 6) is 0.493. The topological polar surface area (TPSA) is 70.1 Å². The predicted molar refractivity (Wildman–Crippen MR) is 105 cm³/mol. The van der Waals surface area contributed by atoms with Gasteiger partial charge >= 0.3 is 0 Å². The Morgan fingerprint density at radius 3 is 2.75 bits per heavy atom. The molecule has 0 aliphatic carbocycles. The summed E-state index contributed by atoms with van der Waals surface area (Å²) in [6.45, 7) is 5.58. The summed E-state index contributed by atoms with van der Waals surface area (Å²) in [4.78, 5) is 29.2. The van der Waals surface area contributed by atoms with Gasteiger partial charge in [0.05, 0.1) is 6.10 Å². The second-order valence-corrected chi connectivity index (χ2v) is 8.70. The number of likely N-dealkylation sites (tertiary alicyclic amines) is 2. The first-order chi connectivity index (χ1) is 13.5. The number of phenols is 1. The molecule has 0 aromatic heterocycles. The number of amides is 2. The molecule has 3 aliphatic heterocycles. The average Bonchev–Trinajstić information content (AvgIpc) is 3.20. The molecule has 3 heterocycles. The fourth-order valence-electron chi connectivity index (χ4n) is 4.87. The van der Waals surface area contributed by atoms with E-state index < -0.39 is 0 Å². The number of nitrogens with zero attached hydrogens (tertiary/aromatic N) is 2. The zero-order valence-corrected chi connectivity index (χ0v) is 16.7. The number of piperidine rings is 2. The lowest BCUT2D eigenvalue weighted by Crippen LogP contribution is -2.53. The summed E-state index contributed by atoms with van der Waals surface area (Å²) in [7, 11) is 0. The molecule has 3 saturated heterocycles. The maximum atomic E-state index is 12.8. The number of carbonyl (C=O) groups excluding carboxylic acids is 2. The molecule has 1 N–H and O–H groups in total. The summed E-state index contributed by atoms with van der Waals surface area (Å²) in [5.41, 5.74) is 1.48. The second-order valence-electron chi connectivity index (χ2n) is 8.70. The van der Waals surface area contributed by atoms with Crippen LogP contribution in [0.15, 0.2) is 18.2 Å². The zero-order chi connectivity index (χ0) is 19.7. The number of aromatic hydroxyl groups is 1. The minimum atomic E-state index is 0.0287. The lowest BCUT2D eigenvalue weighted by atomic mass is 9.72. The smallest absolute Gasteiger partial charge is 0.253 e. The summed E-state index contributed by atoms with van der Waals surface area (Å²) < 4.78 is 5.73. The summed E-state index contributed by atoms with van der Waals surface area (Å²) >= 11 is 0. The highest BCUT2D eigenvalue weighted by atomic mass is 16.5. The summed E-state index contributed by atoms with van der Waals surface area (Å²) in [6, 6.07) is 5.03. The van der Waals surface area contributed by atoms with Crippen molar-refractivity contribution in [1.82, 2.24) is 9.80 Å². The highest BCUT2D eigenvalue weighted by Gasteiger charge is 2.42. The van der Waals surface area contributed by atoms with Crippen molar-refractivity contribution >= 4 is 11.8 Å². The van der Waals surface area contributed by atoms with Gasteiger partial charge in [-0.1, -0.05) is 0 Å². The second kappa shape index (κ2) is 7.74. The van der Waals surface area contributed by atoms with Gasteiger partial charge in [-0.05, 0) is 68.2 Å². The van der Waals surface area contributed by atoms with E-state index in [1.807, 2.05) is 9.80 Å². The SMILES string of the molecule is Cc1cc(C(=O)N2CCC3(CCC(=O)N(C[C@H]4CCCO4)C3)CC2)ccc1O. The van der Waals surface area contributed by atoms with Gasteiger partial charge in [-0.3, -0.25) is 9.59 Å². The molecule has 6 heteroatoms. The van der Waals surface area contributed by atoms with Crippen molar-refractivity contribution in [2.45, 2.75) is 51.6 Å². The number of carbonyl (C=O) groups is 2. The van der Waals surface area contributed by atoms with E-state index in [2.05, 4.69) is 0 Å². The number of hydrogen-bond donors (Lipinski definition) is 1. The van der Waals surface area contributed by atoms with E-state index in [9.17, 15) is 14.7 Å². The molecule has 1 spiro atoms. The van der Waals surface area contributed by atoms with Crippen molar-refractivity contribution in [3.05, 3.63) is 29.3 Å². The van der Waals surface area contributed by atoms with Crippen LogP contribution in [0.3, 0.4) is 0 Å². The van der Waals surface area contributed by atoms with Crippen LogP contribution in [0.1, 0.15) is 54.4 Å². The third kappa shape index (κ3) is 3.88. The number of phenolic OH excluding ortho intramolecular Hbond substituents is 1. The van der Waals surface area contributed by atoms with E-state index in [1.165, 1.54) is 0 Å². The van der Waals surface area contributed by atoms with Crippen LogP contribution >= 0.6 is 0 Å². The van der Waals surface area contributed by atoms with Crippen LogP contribution in [0, 0.1) is 12.3 Å². The van der Waals surface area contributed by atoms with Crippen molar-refractivity contribution in [2.75, 3.05) is 32.8 Å². The molecule has 0 radical (unpaired) electrons. The molecule has 4 rings (SSSR count). The van der Waals surface area contributed by atoms with E-state index in [0.717, 1.165) is 70.5 Å². The Morgan fingerprint density at radius 2 is 2.07 bits per heavy atom. The van der Waals surface area contributed by atoms with Gasteiger partial charge in [0.15, 0.2) is 0 Å². The fourth-order valence-corrected chi connectivity index (χ4v) is 4.87. The van der Waals surface area contributed by atoms with Crippen LogP contribution in [-0.4, -0.2) is 65.6 Å². The van der Waals surface area contributed by atoms with E-state index in [4.69, 9.17) is 4.74 Å². The molecule has 0 bridgehead atoms. The molecular formula is C22H30N2O4. The Morgan fingerprint density at radius 1 is 1.29 bits per heavy atom. The number of benzene rings is 1. The third-order valence-electron chi connectivity index (χ3n) is 6.75. The van der Waals surface area contributed by atoms with Gasteiger partial charge in [0, 0.05) is 44.8 Å². The number of hydrogen-bond acceptors (Lipinski definition) is 4. The molecule has 152 valence electrons. The molecule has 0 saturated carbocycles. The Balaban J connectivity index is 1.37. The number of aryl methyl sites for hydroxylation is 1. The van der Waals surface area contributed by atoms with Gasteiger partial charge in [0.1, 0.15) is 5.75 Å². The van der Waals surface area contributed by atoms with Gasteiger partial charge in [0.2, 0.25) is 5.91 Å². The van der Waals surface area contributed by atoms with Crippen LogP contribution in [0.5, 0.6) is 5.75 Å². The van der Waals surface area contributed by atoms with E-state index >= 15 is 0 Å². The molecule has 0 unspecified atom stereocenters. The number of ether oxygens (including phenoxy) is 1. The van der Waals surface area contributed by atoms with Crippen molar-refractivity contribution in [1.29, 1.82) is 0 Å². The molecule has 6 nitrogen and oxygen atoms in total. The first-order valence-electron chi connectivity index (χ1n) is 10.4. The van der Waals surface area contributed by atoms with Crippen molar-refractivity contribution < 1.29 is 19.4 Å². The lowest BCUT2D eigenvalue weighted by molar-refractivity contribution is -0.141. The lowest BCUT2D eigenvalue weighted by Gasteiger charge is -2.47. The molecule has 1 atom stereocenters. The van der Waals surface area contributed by atoms with Crippen molar-refractivity contribution in [2.24, 2.45) is 5.41 Å². The summed E-state index contributed by atoms with van der Waals surface area (Å²) in [5, 5.41) is 9.68. The molecular weight excluding hydrogens is 356 g/mol. The van der Waals surface area contributed by atoms with E-state index in [0.29, 0.717) is 12.0 Å². The van der Waals surface area contributed by atoms with Crippen LogP contribution < -0.4 is 0 Å². The van der Waals surface area contributed by atoms with Crippen LogP contribution in [0.4, 0.5) is 0 Å². The highest BCUT2D eigenvalue weighted by molar-refractivity contribution is 5.94. The molecule has 1 aromatic carbocycles. The van der Waals surface area contributed by atoms with Gasteiger partial charge in [0.25, 0.3) is 5.91 Å². The predicted octanol–water partition coefficient (Wildman–Crippen LogP) is 2.72. The standard InChI is InChI=1S/C22H30N2O4/c1-16-13-17(4-5-19(16)25)21(27)23-10-8-22(9-11-23)7-6-20(26)24(15-22)14-18-3-2-12-28-18/h4-5,13,18,25H,2-3,6-12,14-15H2,1H3/t18-/m1/s1. The summed E-state index contributed by atoms with van der Waals surface area (Å²) in [6.07, 6.45) is 5.73. The third-order valence-corrected chi connectivity index (χ3v) is 6.75. The van der Waals surface area contributed by atoms with Crippen LogP contribution in [-0.2, 0) is 9.53 Å². The Kier molecular flexibility index (Phi) is 5.32. The van der Waals surface area contributed by atoms with Crippen LogP contribution in [0.2, 0.25) is 0 Å². The highest BCUT2D eigenvalue weighted by Crippen LogP contribution is 2.40. The molecule has 3 fully saturated rings. The average molecular weight is 386 g/mol. The molecule has 1 aromatic rings. The monoisotopic (exact) mass is 386 g/mol. The Labute approximate surface area is 166 Å². The molecule has 2 amide bonds. The minimum absolute atomic E-state index is 0.0287. The maximum Gasteiger partial charge on any atom is 0.253 e. The first-order valence-corrected chi connectivity index (χ1v) is 10.4. The zero-order valence-electron chi connectivity index (χ0n) is 16.7. The Bertz CT molecular complexity index is 749. The largest absolute Gasteiger partial charge is 0.508 e.